The van der Waals surface area contributed by atoms with Crippen LogP contribution in [0.5, 0.6) is 0 Å². The first kappa shape index (κ1) is 43.4. The summed E-state index contributed by atoms with van der Waals surface area (Å²) >= 11 is 2.27. The number of ether oxygens (including phenoxy) is 3. The number of amides is 3. The lowest BCUT2D eigenvalue weighted by molar-refractivity contribution is -0.384. The number of hydrogen-bond donors (Lipinski definition) is 3. The number of nitro benzene ring substituents is 1. The molecule has 3 aromatic rings. The number of carbonyl (C=O) groups is 3. The normalized spacial score (nSPS) is 12.2. The van der Waals surface area contributed by atoms with Crippen molar-refractivity contribution in [3.8, 4) is 11.1 Å². The molecule has 0 radical (unpaired) electrons. The van der Waals surface area contributed by atoms with Gasteiger partial charge in [-0.05, 0) is 111 Å². The van der Waals surface area contributed by atoms with Crippen molar-refractivity contribution in [2.75, 3.05) is 11.2 Å². The lowest BCUT2D eigenvalue weighted by atomic mass is 9.97. The Hall–Kier alpha value is -5.01. The fraction of sp³-hybridized carbons (Fsp3) is 0.400. The van der Waals surface area contributed by atoms with E-state index in [0.29, 0.717) is 9.11 Å². The van der Waals surface area contributed by atoms with Crippen LogP contribution >= 0.6 is 23.1 Å². The summed E-state index contributed by atoms with van der Waals surface area (Å²) in [6, 6.07) is 9.38. The van der Waals surface area contributed by atoms with Gasteiger partial charge in [-0.3, -0.25) is 26.2 Å². The number of sulfone groups is 1. The van der Waals surface area contributed by atoms with Gasteiger partial charge in [0.2, 0.25) is 15.8 Å². The van der Waals surface area contributed by atoms with Gasteiger partial charge >= 0.3 is 18.3 Å². The number of guanidine groups is 1. The number of anilines is 1. The van der Waals surface area contributed by atoms with Crippen molar-refractivity contribution in [1.29, 1.82) is 5.41 Å². The average molecular weight is 805 g/mol. The summed E-state index contributed by atoms with van der Waals surface area (Å²) in [7, 11) is -4.20. The van der Waals surface area contributed by atoms with Crippen LogP contribution in [0.2, 0.25) is 0 Å². The summed E-state index contributed by atoms with van der Waals surface area (Å²) in [4.78, 5) is 54.4. The minimum atomic E-state index is -4.20. The number of aliphatic imine (C=N–C) groups is 1. The lowest BCUT2D eigenvalue weighted by Gasteiger charge is -2.28. The van der Waals surface area contributed by atoms with Crippen molar-refractivity contribution < 1.29 is 41.9 Å². The van der Waals surface area contributed by atoms with E-state index in [1.165, 1.54) is 55.1 Å². The van der Waals surface area contributed by atoms with E-state index in [9.17, 15) is 32.9 Å². The first-order valence-electron chi connectivity index (χ1n) is 16.2. The highest BCUT2D eigenvalue weighted by atomic mass is 32.2. The first-order chi connectivity index (χ1) is 24.7. The highest BCUT2D eigenvalue weighted by Crippen LogP contribution is 2.42. The van der Waals surface area contributed by atoms with Crippen LogP contribution in [0.4, 0.5) is 30.8 Å². The standard InChI is InChI=1S/C35H44N6O10S3/c1-20-15-22(40(32(44)51-35(8,9)10)29(36)39-31(43)50-34(5,6)7)17-24(41(45)46)27(20)21-13-12-14-23(16-21)54(47,48)25-18-26(53-28(25)52-11)37-19-38-30(42)49-33(2,3)4/h12-19H,1-11H3,(H2,36,39,43)(H,37,38,42). The predicted molar refractivity (Wildman–Crippen MR) is 208 cm³/mol. The van der Waals surface area contributed by atoms with Crippen molar-refractivity contribution in [2.45, 2.75) is 100 Å². The van der Waals surface area contributed by atoms with Crippen LogP contribution in [-0.4, -0.2) is 67.0 Å². The maximum absolute atomic E-state index is 14.0. The zero-order valence-electron chi connectivity index (χ0n) is 31.8. The van der Waals surface area contributed by atoms with Gasteiger partial charge in [0.15, 0.2) is 0 Å². The molecule has 16 nitrogen and oxygen atoms in total. The number of benzene rings is 2. The van der Waals surface area contributed by atoms with Crippen LogP contribution in [0.15, 0.2) is 61.5 Å². The number of thiophene rings is 1. The number of thioether (sulfide) groups is 1. The summed E-state index contributed by atoms with van der Waals surface area (Å²) in [6.07, 6.45) is -0.0868. The molecule has 0 fully saturated rings. The second-order valence-electron chi connectivity index (χ2n) is 14.6. The number of hydrogen-bond acceptors (Lipinski definition) is 14. The Morgan fingerprint density at radius 1 is 0.944 bits per heavy atom. The molecule has 3 rings (SSSR count). The summed E-state index contributed by atoms with van der Waals surface area (Å²) in [5.41, 5.74) is -2.94. The lowest BCUT2D eigenvalue weighted by Crippen LogP contribution is -2.49. The molecule has 0 unspecified atom stereocenters. The molecule has 3 N–H and O–H groups in total. The maximum atomic E-state index is 14.0. The van der Waals surface area contributed by atoms with Gasteiger partial charge in [0.1, 0.15) is 21.8 Å². The van der Waals surface area contributed by atoms with E-state index >= 15 is 0 Å². The molecule has 0 saturated heterocycles. The molecule has 1 heterocycles. The van der Waals surface area contributed by atoms with Gasteiger partial charge < -0.3 is 14.2 Å². The van der Waals surface area contributed by atoms with Crippen molar-refractivity contribution in [3.63, 3.8) is 0 Å². The molecule has 2 aromatic carbocycles. The molecule has 0 saturated carbocycles. The molecule has 0 aliphatic rings. The van der Waals surface area contributed by atoms with E-state index in [2.05, 4.69) is 15.6 Å². The minimum Gasteiger partial charge on any atom is -0.444 e. The Labute approximate surface area is 322 Å². The quantitative estimate of drug-likeness (QED) is 0.0489. The highest BCUT2D eigenvalue weighted by Gasteiger charge is 2.32. The molecule has 3 amide bonds. The number of alkyl carbamates (subject to hydrolysis) is 2. The van der Waals surface area contributed by atoms with Gasteiger partial charge in [0.05, 0.1) is 36.5 Å². The first-order valence-corrected chi connectivity index (χ1v) is 19.7. The van der Waals surface area contributed by atoms with E-state index in [-0.39, 0.29) is 37.2 Å². The van der Waals surface area contributed by atoms with Crippen LogP contribution in [0, 0.1) is 22.4 Å². The zero-order chi connectivity index (χ0) is 41.0. The van der Waals surface area contributed by atoms with Crippen LogP contribution < -0.4 is 15.5 Å². The minimum absolute atomic E-state index is 0.0467. The van der Waals surface area contributed by atoms with Crippen molar-refractivity contribution in [3.05, 3.63) is 58.1 Å². The third-order valence-electron chi connectivity index (χ3n) is 6.51. The number of nitrogens with zero attached hydrogens (tertiary/aromatic N) is 3. The predicted octanol–water partition coefficient (Wildman–Crippen LogP) is 8.57. The Balaban J connectivity index is 2.09. The van der Waals surface area contributed by atoms with Crippen LogP contribution in [0.1, 0.15) is 67.9 Å². The number of nitro groups is 1. The van der Waals surface area contributed by atoms with E-state index in [4.69, 9.17) is 19.6 Å². The number of aryl methyl sites for hydroxylation is 1. The van der Waals surface area contributed by atoms with Crippen LogP contribution in [-0.2, 0) is 24.0 Å². The van der Waals surface area contributed by atoms with Gasteiger partial charge in [-0.25, -0.2) is 32.7 Å². The Morgan fingerprint density at radius 3 is 2.09 bits per heavy atom. The Kier molecular flexibility index (Phi) is 13.3. The molecular formula is C35H44N6O10S3. The molecule has 1 aromatic heterocycles. The molecule has 292 valence electrons. The topological polar surface area (TPSA) is 220 Å². The third-order valence-corrected chi connectivity index (χ3v) is 10.7. The van der Waals surface area contributed by atoms with Gasteiger partial charge in [0, 0.05) is 6.07 Å². The van der Waals surface area contributed by atoms with Crippen LogP contribution in [0.3, 0.4) is 0 Å². The monoisotopic (exact) mass is 804 g/mol. The molecule has 54 heavy (non-hydrogen) atoms. The number of carbonyl (C=O) groups excluding carboxylic acids is 3. The maximum Gasteiger partial charge on any atom is 0.421 e. The summed E-state index contributed by atoms with van der Waals surface area (Å²) in [6.45, 7) is 16.2. The van der Waals surface area contributed by atoms with Crippen molar-refractivity contribution >= 4 is 79.9 Å². The second-order valence-corrected chi connectivity index (χ2v) is 18.6. The number of nitrogens with one attached hydrogen (secondary N) is 3. The summed E-state index contributed by atoms with van der Waals surface area (Å²) in [5, 5.41) is 26.0. The average Bonchev–Trinajstić information content (AvgIpc) is 3.42. The number of rotatable bonds is 8. The van der Waals surface area contributed by atoms with Crippen molar-refractivity contribution in [1.82, 2.24) is 10.6 Å². The van der Waals surface area contributed by atoms with Gasteiger partial charge in [-0.2, -0.15) is 0 Å². The van der Waals surface area contributed by atoms with Crippen molar-refractivity contribution in [2.24, 2.45) is 4.99 Å². The molecular weight excluding hydrogens is 761 g/mol. The molecule has 0 atom stereocenters. The fourth-order valence-corrected chi connectivity index (χ4v) is 8.50. The molecule has 0 aliphatic heterocycles. The van der Waals surface area contributed by atoms with E-state index in [1.54, 1.807) is 68.6 Å². The second kappa shape index (κ2) is 16.6. The summed E-state index contributed by atoms with van der Waals surface area (Å²) in [5.74, 6) is -0.794. The highest BCUT2D eigenvalue weighted by molar-refractivity contribution is 8.01. The van der Waals surface area contributed by atoms with E-state index in [0.717, 1.165) is 23.7 Å². The van der Waals surface area contributed by atoms with E-state index < -0.39 is 61.5 Å². The molecule has 0 bridgehead atoms. The van der Waals surface area contributed by atoms with Gasteiger partial charge in [-0.15, -0.1) is 23.1 Å². The molecule has 19 heteroatoms. The largest absolute Gasteiger partial charge is 0.444 e. The zero-order valence-corrected chi connectivity index (χ0v) is 34.2. The van der Waals surface area contributed by atoms with Crippen LogP contribution in [0.25, 0.3) is 11.1 Å². The Bertz CT molecular complexity index is 2090. The molecule has 0 spiro atoms. The summed E-state index contributed by atoms with van der Waals surface area (Å²) < 4.78 is 44.3. The molecule has 0 aliphatic carbocycles. The van der Waals surface area contributed by atoms with Gasteiger partial charge in [0.25, 0.3) is 5.69 Å². The van der Waals surface area contributed by atoms with E-state index in [1.807, 2.05) is 0 Å². The fourth-order valence-electron chi connectivity index (χ4n) is 4.63. The third kappa shape index (κ3) is 11.7. The SMILES string of the molecule is CSc1sc(N=CNC(=O)OC(C)(C)C)cc1S(=O)(=O)c1cccc(-c2c(C)cc(N(C(=N)NC(=O)OC(C)(C)C)C(=O)OC(C)(C)C)cc2[N+](=O)[O-])c1. The Morgan fingerprint density at radius 2 is 1.54 bits per heavy atom. The van der Waals surface area contributed by atoms with Gasteiger partial charge in [-0.1, -0.05) is 12.1 Å². The smallest absolute Gasteiger partial charge is 0.421 e.